The Morgan fingerprint density at radius 3 is 1.80 bits per heavy atom. The number of aliphatic hydroxyl groups is 1. The van der Waals surface area contributed by atoms with Crippen molar-refractivity contribution in [2.45, 2.75) is 76.4 Å². The van der Waals surface area contributed by atoms with E-state index in [1.54, 1.807) is 4.90 Å². The SMILES string of the molecule is C[C@@H](O)[C@H]1C(=O)N2C(C(=O)OCc3ccc([N+](=O)[O-])cc3)=C(S[C@H]3C[C@@H](CCCNC(=O)OCc4ccc([N+](=O)[O-])cc4)N(C(=O)OCc4ccc([N+](=O)[O-])cc4)C3)[C@H](C)[C@H]12. The molecule has 3 amide bonds. The predicted octanol–water partition coefficient (Wildman–Crippen LogP) is 5.74. The standard InChI is InChI=1S/C40H42N6O14S/c1-23-34-33(24(2)47)37(48)43(34)35(38(49)58-20-25-5-11-28(12-6-25)44(52)53)36(23)61-32-18-31(42(19-32)40(51)60-22-27-9-15-30(16-10-27)46(56)57)4-3-17-41-39(50)59-21-26-7-13-29(14-8-26)45(54)55/h5-16,23-24,31-34,47H,3-4,17-22H2,1-2H3,(H,41,50)/t23-,24-,31-,32+,33-,34-/m1/s1. The van der Waals surface area contributed by atoms with Crippen LogP contribution in [0.15, 0.2) is 83.4 Å². The number of carbonyl (C=O) groups excluding carboxylic acids is 4. The third-order valence-corrected chi connectivity index (χ3v) is 12.2. The molecule has 322 valence electrons. The van der Waals surface area contributed by atoms with Crippen LogP contribution in [0.2, 0.25) is 0 Å². The van der Waals surface area contributed by atoms with Gasteiger partial charge in [0.15, 0.2) is 0 Å². The first-order valence-corrected chi connectivity index (χ1v) is 20.1. The van der Waals surface area contributed by atoms with Gasteiger partial charge < -0.3 is 34.4 Å². The first-order chi connectivity index (χ1) is 29.1. The molecule has 0 saturated carbocycles. The van der Waals surface area contributed by atoms with Crippen LogP contribution in [0, 0.1) is 42.2 Å². The fourth-order valence-electron chi connectivity index (χ4n) is 7.62. The number of nitrogens with zero attached hydrogens (tertiary/aromatic N) is 5. The van der Waals surface area contributed by atoms with Crippen LogP contribution in [-0.2, 0) is 43.6 Å². The summed E-state index contributed by atoms with van der Waals surface area (Å²) >= 11 is 1.33. The Bertz CT molecular complexity index is 2200. The van der Waals surface area contributed by atoms with E-state index in [9.17, 15) is 54.6 Å². The van der Waals surface area contributed by atoms with Crippen molar-refractivity contribution < 1.29 is 53.3 Å². The highest BCUT2D eigenvalue weighted by atomic mass is 32.2. The van der Waals surface area contributed by atoms with Crippen LogP contribution < -0.4 is 5.32 Å². The van der Waals surface area contributed by atoms with Gasteiger partial charge in [-0.15, -0.1) is 11.8 Å². The molecular formula is C40H42N6O14S. The number of β-lactam (4-membered cyclic amide) rings is 1. The third-order valence-electron chi connectivity index (χ3n) is 10.7. The lowest BCUT2D eigenvalue weighted by atomic mass is 9.79. The van der Waals surface area contributed by atoms with Crippen molar-refractivity contribution in [3.05, 3.63) is 130 Å². The zero-order valence-corrected chi connectivity index (χ0v) is 33.8. The molecular weight excluding hydrogens is 821 g/mol. The van der Waals surface area contributed by atoms with Gasteiger partial charge in [0.05, 0.1) is 32.8 Å². The number of benzene rings is 3. The van der Waals surface area contributed by atoms with Crippen LogP contribution in [-0.4, -0.2) is 90.3 Å². The van der Waals surface area contributed by atoms with Crippen LogP contribution in [0.1, 0.15) is 49.8 Å². The second-order valence-corrected chi connectivity index (χ2v) is 16.1. The van der Waals surface area contributed by atoms with Crippen LogP contribution >= 0.6 is 11.8 Å². The maximum atomic E-state index is 13.8. The molecule has 0 aromatic heterocycles. The highest BCUT2D eigenvalue weighted by Gasteiger charge is 2.60. The summed E-state index contributed by atoms with van der Waals surface area (Å²) in [5.41, 5.74) is 1.27. The summed E-state index contributed by atoms with van der Waals surface area (Å²) in [6, 6.07) is 15.8. The van der Waals surface area contributed by atoms with E-state index in [0.29, 0.717) is 40.9 Å². The predicted molar refractivity (Wildman–Crippen MR) is 215 cm³/mol. The molecule has 3 heterocycles. The molecule has 2 N–H and O–H groups in total. The summed E-state index contributed by atoms with van der Waals surface area (Å²) < 4.78 is 16.5. The molecule has 0 bridgehead atoms. The van der Waals surface area contributed by atoms with E-state index in [1.807, 2.05) is 6.92 Å². The number of nitrogens with one attached hydrogen (secondary N) is 1. The van der Waals surface area contributed by atoms with E-state index < -0.39 is 62.9 Å². The number of non-ortho nitro benzene ring substituents is 3. The molecule has 3 aliphatic heterocycles. The number of nitro benzene ring substituents is 3. The number of hydrogen-bond donors (Lipinski definition) is 2. The number of carbonyl (C=O) groups is 4. The molecule has 61 heavy (non-hydrogen) atoms. The molecule has 0 radical (unpaired) electrons. The number of nitro groups is 3. The van der Waals surface area contributed by atoms with E-state index >= 15 is 0 Å². The van der Waals surface area contributed by atoms with Crippen molar-refractivity contribution in [3.8, 4) is 0 Å². The van der Waals surface area contributed by atoms with Crippen molar-refractivity contribution in [2.24, 2.45) is 11.8 Å². The van der Waals surface area contributed by atoms with Crippen molar-refractivity contribution in [1.29, 1.82) is 0 Å². The number of alkyl carbamates (subject to hydrolysis) is 1. The smallest absolute Gasteiger partial charge is 0.410 e. The van der Waals surface area contributed by atoms with E-state index in [4.69, 9.17) is 14.2 Å². The maximum absolute atomic E-state index is 13.8. The first-order valence-electron chi connectivity index (χ1n) is 19.3. The monoisotopic (exact) mass is 862 g/mol. The molecule has 0 unspecified atom stereocenters. The van der Waals surface area contributed by atoms with E-state index in [1.165, 1.54) is 96.4 Å². The molecule has 3 aromatic carbocycles. The highest BCUT2D eigenvalue weighted by molar-refractivity contribution is 8.03. The number of fused-ring (bicyclic) bond motifs is 1. The Balaban J connectivity index is 1.14. The number of rotatable bonds is 17. The third kappa shape index (κ3) is 10.2. The Morgan fingerprint density at radius 2 is 1.31 bits per heavy atom. The van der Waals surface area contributed by atoms with Gasteiger partial charge in [0.25, 0.3) is 17.1 Å². The summed E-state index contributed by atoms with van der Waals surface area (Å²) in [6.45, 7) is 3.24. The average Bonchev–Trinajstić information content (AvgIpc) is 3.75. The summed E-state index contributed by atoms with van der Waals surface area (Å²) in [5.74, 6) is -2.34. The Labute approximate surface area is 352 Å². The van der Waals surface area contributed by atoms with Crippen LogP contribution in [0.3, 0.4) is 0 Å². The molecule has 20 nitrogen and oxygen atoms in total. The van der Waals surface area contributed by atoms with Gasteiger partial charge in [0.1, 0.15) is 25.5 Å². The van der Waals surface area contributed by atoms with Gasteiger partial charge in [-0.05, 0) is 79.3 Å². The minimum atomic E-state index is -0.983. The van der Waals surface area contributed by atoms with Crippen molar-refractivity contribution >= 4 is 52.9 Å². The number of esters is 1. The number of thioether (sulfide) groups is 1. The number of ether oxygens (including phenoxy) is 3. The number of hydrogen-bond acceptors (Lipinski definition) is 15. The Hall–Kier alpha value is -6.61. The van der Waals surface area contributed by atoms with Crippen molar-refractivity contribution in [2.75, 3.05) is 13.1 Å². The molecule has 6 atom stereocenters. The zero-order valence-electron chi connectivity index (χ0n) is 32.9. The minimum Gasteiger partial charge on any atom is -0.456 e. The summed E-state index contributed by atoms with van der Waals surface area (Å²) in [4.78, 5) is 88.2. The molecule has 3 aliphatic rings. The fraction of sp³-hybridized carbons (Fsp3) is 0.400. The van der Waals surface area contributed by atoms with Gasteiger partial charge in [-0.1, -0.05) is 6.92 Å². The zero-order chi connectivity index (χ0) is 44.0. The van der Waals surface area contributed by atoms with Crippen LogP contribution in [0.4, 0.5) is 26.7 Å². The second kappa shape index (κ2) is 19.2. The van der Waals surface area contributed by atoms with Crippen LogP contribution in [0.25, 0.3) is 0 Å². The molecule has 0 spiro atoms. The number of likely N-dealkylation sites (tertiary alicyclic amines) is 1. The lowest BCUT2D eigenvalue weighted by Gasteiger charge is -2.46. The van der Waals surface area contributed by atoms with E-state index in [2.05, 4.69) is 5.32 Å². The molecule has 6 rings (SSSR count). The van der Waals surface area contributed by atoms with E-state index in [0.717, 1.165) is 0 Å². The lowest BCUT2D eigenvalue weighted by Crippen LogP contribution is -2.63. The van der Waals surface area contributed by atoms with Gasteiger partial charge >= 0.3 is 18.2 Å². The topological polar surface area (TPSA) is 264 Å². The normalized spacial score (nSPS) is 21.0. The number of amides is 3. The summed E-state index contributed by atoms with van der Waals surface area (Å²) in [7, 11) is 0. The van der Waals surface area contributed by atoms with Gasteiger partial charge in [-0.2, -0.15) is 0 Å². The number of aliphatic hydroxyl groups excluding tert-OH is 1. The largest absolute Gasteiger partial charge is 0.456 e. The summed E-state index contributed by atoms with van der Waals surface area (Å²) in [5, 5.41) is 45.9. The van der Waals surface area contributed by atoms with Crippen LogP contribution in [0.5, 0.6) is 0 Å². The molecule has 0 aliphatic carbocycles. The van der Waals surface area contributed by atoms with E-state index in [-0.39, 0.29) is 66.8 Å². The second-order valence-electron chi connectivity index (χ2n) is 14.8. The summed E-state index contributed by atoms with van der Waals surface area (Å²) in [6.07, 6.45) is -1.07. The average molecular weight is 863 g/mol. The van der Waals surface area contributed by atoms with Crippen molar-refractivity contribution in [1.82, 2.24) is 15.1 Å². The molecule has 21 heteroatoms. The van der Waals surface area contributed by atoms with Crippen molar-refractivity contribution in [3.63, 3.8) is 0 Å². The molecule has 2 saturated heterocycles. The van der Waals surface area contributed by atoms with Gasteiger partial charge in [-0.25, -0.2) is 14.4 Å². The molecule has 2 fully saturated rings. The Morgan fingerprint density at radius 1 is 0.820 bits per heavy atom. The van der Waals surface area contributed by atoms with Gasteiger partial charge in [0, 0.05) is 71.6 Å². The quantitative estimate of drug-likeness (QED) is 0.0409. The fourth-order valence-corrected chi connectivity index (χ4v) is 9.18. The highest BCUT2D eigenvalue weighted by Crippen LogP contribution is 2.52. The minimum absolute atomic E-state index is 0.0403. The maximum Gasteiger partial charge on any atom is 0.410 e. The first kappa shape index (κ1) is 44.0. The molecule has 3 aromatic rings. The Kier molecular flexibility index (Phi) is 13.8. The van der Waals surface area contributed by atoms with Gasteiger partial charge in [-0.3, -0.25) is 35.1 Å². The van der Waals surface area contributed by atoms with Gasteiger partial charge in [0.2, 0.25) is 5.91 Å². The lowest BCUT2D eigenvalue weighted by molar-refractivity contribution is -0.385.